The minimum absolute atomic E-state index is 0.380. The van der Waals surface area contributed by atoms with Gasteiger partial charge in [0.2, 0.25) is 0 Å². The fourth-order valence-corrected chi connectivity index (χ4v) is 1.29. The molecule has 2 heterocycles. The molecule has 0 fully saturated rings. The average Bonchev–Trinajstić information content (AvgIpc) is 2.59. The molecule has 0 atom stereocenters. The van der Waals surface area contributed by atoms with Crippen LogP contribution in [0.5, 0.6) is 0 Å². The molecule has 2 aromatic rings. The summed E-state index contributed by atoms with van der Waals surface area (Å²) in [5.41, 5.74) is 1.98. The summed E-state index contributed by atoms with van der Waals surface area (Å²) in [6.45, 7) is 1.84. The van der Waals surface area contributed by atoms with Crippen molar-refractivity contribution in [3.8, 4) is 0 Å². The third kappa shape index (κ3) is 1.14. The van der Waals surface area contributed by atoms with Crippen molar-refractivity contribution in [2.45, 2.75) is 6.92 Å². The first kappa shape index (κ1) is 8.68. The smallest absolute Gasteiger partial charge is 0.356 e. The second-order valence-electron chi connectivity index (χ2n) is 2.87. The van der Waals surface area contributed by atoms with Gasteiger partial charge in [-0.3, -0.25) is 0 Å². The number of hydrogen-bond acceptors (Lipinski definition) is 4. The van der Waals surface area contributed by atoms with E-state index in [1.807, 2.05) is 13.0 Å². The molecule has 72 valence electrons. The van der Waals surface area contributed by atoms with Crippen LogP contribution in [-0.2, 0) is 4.74 Å². The van der Waals surface area contributed by atoms with E-state index in [9.17, 15) is 4.79 Å². The van der Waals surface area contributed by atoms with Gasteiger partial charge in [-0.05, 0) is 19.1 Å². The second-order valence-corrected chi connectivity index (χ2v) is 2.87. The standard InChI is InChI=1S/C9H9N3O2/c1-6-7-4-3-5-8(9(13)14-2)12(7)11-10-6/h3-5H,1-2H3. The first-order valence-corrected chi connectivity index (χ1v) is 4.13. The van der Waals surface area contributed by atoms with E-state index in [4.69, 9.17) is 0 Å². The van der Waals surface area contributed by atoms with E-state index in [0.717, 1.165) is 11.2 Å². The van der Waals surface area contributed by atoms with Gasteiger partial charge in [-0.1, -0.05) is 11.3 Å². The van der Waals surface area contributed by atoms with Crippen LogP contribution in [0.15, 0.2) is 18.2 Å². The Balaban J connectivity index is 2.71. The van der Waals surface area contributed by atoms with E-state index in [1.54, 1.807) is 12.1 Å². The van der Waals surface area contributed by atoms with Gasteiger partial charge in [-0.15, -0.1) is 5.10 Å². The van der Waals surface area contributed by atoms with E-state index >= 15 is 0 Å². The summed E-state index contributed by atoms with van der Waals surface area (Å²) in [7, 11) is 1.34. The molecule has 5 heteroatoms. The van der Waals surface area contributed by atoms with Crippen LogP contribution in [0.1, 0.15) is 16.2 Å². The highest BCUT2D eigenvalue weighted by Gasteiger charge is 2.12. The van der Waals surface area contributed by atoms with E-state index in [0.29, 0.717) is 5.69 Å². The highest BCUT2D eigenvalue weighted by Crippen LogP contribution is 2.09. The van der Waals surface area contributed by atoms with Crippen molar-refractivity contribution in [1.29, 1.82) is 0 Å². The van der Waals surface area contributed by atoms with E-state index in [-0.39, 0.29) is 0 Å². The summed E-state index contributed by atoms with van der Waals surface area (Å²) >= 11 is 0. The molecular weight excluding hydrogens is 182 g/mol. The Kier molecular flexibility index (Phi) is 1.92. The monoisotopic (exact) mass is 191 g/mol. The molecule has 0 bridgehead atoms. The van der Waals surface area contributed by atoms with Gasteiger partial charge in [-0.25, -0.2) is 9.31 Å². The lowest BCUT2D eigenvalue weighted by molar-refractivity contribution is 0.0590. The van der Waals surface area contributed by atoms with Gasteiger partial charge in [0.1, 0.15) is 0 Å². The summed E-state index contributed by atoms with van der Waals surface area (Å²) in [5.74, 6) is -0.416. The Morgan fingerprint density at radius 3 is 3.00 bits per heavy atom. The van der Waals surface area contributed by atoms with E-state index < -0.39 is 5.97 Å². The van der Waals surface area contributed by atoms with Crippen molar-refractivity contribution in [3.05, 3.63) is 29.6 Å². The first-order chi connectivity index (χ1) is 6.74. The summed E-state index contributed by atoms with van der Waals surface area (Å²) in [6.07, 6.45) is 0. The third-order valence-electron chi connectivity index (χ3n) is 2.01. The lowest BCUT2D eigenvalue weighted by Gasteiger charge is -2.00. The van der Waals surface area contributed by atoms with Crippen molar-refractivity contribution in [3.63, 3.8) is 0 Å². The van der Waals surface area contributed by atoms with Crippen LogP contribution in [0.4, 0.5) is 0 Å². The Labute approximate surface area is 80.3 Å². The second kappa shape index (κ2) is 3.10. The molecule has 0 aliphatic heterocycles. The zero-order valence-corrected chi connectivity index (χ0v) is 7.89. The molecule has 0 unspecified atom stereocenters. The van der Waals surface area contributed by atoms with Crippen molar-refractivity contribution < 1.29 is 9.53 Å². The molecule has 2 aromatic heterocycles. The van der Waals surface area contributed by atoms with Gasteiger partial charge in [0.15, 0.2) is 5.69 Å². The molecular formula is C9H9N3O2. The molecule has 2 rings (SSSR count). The van der Waals surface area contributed by atoms with Crippen LogP contribution in [0.2, 0.25) is 0 Å². The number of aryl methyl sites for hydroxylation is 1. The van der Waals surface area contributed by atoms with Gasteiger partial charge in [0, 0.05) is 0 Å². The molecule has 0 spiro atoms. The predicted octanol–water partition coefficient (Wildman–Crippen LogP) is 0.824. The molecule has 0 saturated carbocycles. The highest BCUT2D eigenvalue weighted by molar-refractivity contribution is 5.88. The molecule has 0 aromatic carbocycles. The molecule has 0 aliphatic carbocycles. The summed E-state index contributed by atoms with van der Waals surface area (Å²) in [4.78, 5) is 11.3. The Bertz CT molecular complexity index is 490. The van der Waals surface area contributed by atoms with Gasteiger partial charge in [0.05, 0.1) is 18.3 Å². The zero-order valence-electron chi connectivity index (χ0n) is 7.89. The fraction of sp³-hybridized carbons (Fsp3) is 0.222. The molecule has 0 N–H and O–H groups in total. The molecule has 5 nitrogen and oxygen atoms in total. The van der Waals surface area contributed by atoms with Crippen molar-refractivity contribution in [2.24, 2.45) is 0 Å². The Morgan fingerprint density at radius 1 is 1.50 bits per heavy atom. The number of aromatic nitrogens is 3. The van der Waals surface area contributed by atoms with Crippen LogP contribution in [0.3, 0.4) is 0 Å². The molecule has 14 heavy (non-hydrogen) atoms. The number of rotatable bonds is 1. The number of ether oxygens (including phenoxy) is 1. The average molecular weight is 191 g/mol. The number of carbonyl (C=O) groups excluding carboxylic acids is 1. The lowest BCUT2D eigenvalue weighted by atomic mass is 10.3. The van der Waals surface area contributed by atoms with Crippen LogP contribution in [0.25, 0.3) is 5.52 Å². The molecule has 0 aliphatic rings. The molecule has 0 saturated heterocycles. The number of nitrogens with zero attached hydrogens (tertiary/aromatic N) is 3. The zero-order chi connectivity index (χ0) is 10.1. The highest BCUT2D eigenvalue weighted by atomic mass is 16.5. The maximum Gasteiger partial charge on any atom is 0.356 e. The normalized spacial score (nSPS) is 10.4. The van der Waals surface area contributed by atoms with E-state index in [1.165, 1.54) is 11.6 Å². The van der Waals surface area contributed by atoms with Gasteiger partial charge >= 0.3 is 5.97 Å². The van der Waals surface area contributed by atoms with Crippen LogP contribution >= 0.6 is 0 Å². The number of esters is 1. The van der Waals surface area contributed by atoms with Gasteiger partial charge < -0.3 is 4.74 Å². The minimum atomic E-state index is -0.416. The van der Waals surface area contributed by atoms with E-state index in [2.05, 4.69) is 15.0 Å². The number of fused-ring (bicyclic) bond motifs is 1. The Hall–Kier alpha value is -1.91. The summed E-state index contributed by atoms with van der Waals surface area (Å²) in [5, 5.41) is 7.73. The SMILES string of the molecule is COC(=O)c1cccc2c(C)nnn12. The van der Waals surface area contributed by atoms with Gasteiger partial charge in [-0.2, -0.15) is 0 Å². The van der Waals surface area contributed by atoms with Crippen molar-refractivity contribution >= 4 is 11.5 Å². The lowest BCUT2D eigenvalue weighted by Crippen LogP contribution is -2.08. The summed E-state index contributed by atoms with van der Waals surface area (Å²) in [6, 6.07) is 5.27. The number of methoxy groups -OCH3 is 1. The van der Waals surface area contributed by atoms with Crippen LogP contribution < -0.4 is 0 Å². The van der Waals surface area contributed by atoms with Crippen molar-refractivity contribution in [1.82, 2.24) is 14.8 Å². The van der Waals surface area contributed by atoms with Crippen molar-refractivity contribution in [2.75, 3.05) is 7.11 Å². The third-order valence-corrected chi connectivity index (χ3v) is 2.01. The topological polar surface area (TPSA) is 56.5 Å². The first-order valence-electron chi connectivity index (χ1n) is 4.13. The number of pyridine rings is 1. The summed E-state index contributed by atoms with van der Waals surface area (Å²) < 4.78 is 6.10. The maximum atomic E-state index is 11.3. The quantitative estimate of drug-likeness (QED) is 0.626. The van der Waals surface area contributed by atoms with Gasteiger partial charge in [0.25, 0.3) is 0 Å². The fourth-order valence-electron chi connectivity index (χ4n) is 1.29. The predicted molar refractivity (Wildman–Crippen MR) is 49.1 cm³/mol. The van der Waals surface area contributed by atoms with Crippen LogP contribution in [-0.4, -0.2) is 27.9 Å². The number of carbonyl (C=O) groups is 1. The number of hydrogen-bond donors (Lipinski definition) is 0. The maximum absolute atomic E-state index is 11.3. The minimum Gasteiger partial charge on any atom is -0.464 e. The Morgan fingerprint density at radius 2 is 2.29 bits per heavy atom. The molecule has 0 radical (unpaired) electrons. The van der Waals surface area contributed by atoms with Crippen LogP contribution in [0, 0.1) is 6.92 Å². The molecule has 0 amide bonds. The largest absolute Gasteiger partial charge is 0.464 e.